The zero-order chi connectivity index (χ0) is 15.7. The summed E-state index contributed by atoms with van der Waals surface area (Å²) in [5, 5.41) is 11.1. The van der Waals surface area contributed by atoms with Crippen LogP contribution >= 0.6 is 0 Å². The van der Waals surface area contributed by atoms with Gasteiger partial charge in [0.2, 0.25) is 0 Å². The molecule has 2 rings (SSSR count). The molecular formula is C13H13F3N2O2S. The van der Waals surface area contributed by atoms with Gasteiger partial charge in [0.25, 0.3) is 0 Å². The van der Waals surface area contributed by atoms with Gasteiger partial charge in [0.05, 0.1) is 27.8 Å². The molecule has 8 heteroatoms. The van der Waals surface area contributed by atoms with Crippen molar-refractivity contribution < 1.29 is 21.6 Å². The van der Waals surface area contributed by atoms with Crippen LogP contribution in [0.15, 0.2) is 18.2 Å². The van der Waals surface area contributed by atoms with Gasteiger partial charge >= 0.3 is 6.18 Å². The Bertz CT molecular complexity index is 678. The van der Waals surface area contributed by atoms with Crippen LogP contribution in [0.4, 0.5) is 18.9 Å². The first-order valence-electron chi connectivity index (χ1n) is 6.31. The highest BCUT2D eigenvalue weighted by Gasteiger charge is 2.32. The highest BCUT2D eigenvalue weighted by atomic mass is 32.2. The first-order valence-corrected chi connectivity index (χ1v) is 8.02. The zero-order valence-corrected chi connectivity index (χ0v) is 11.8. The molecule has 1 aromatic carbocycles. The molecule has 0 spiro atoms. The van der Waals surface area contributed by atoms with Gasteiger partial charge in [0, 0.05) is 6.54 Å². The molecule has 1 atom stereocenters. The Morgan fingerprint density at radius 2 is 2.10 bits per heavy atom. The van der Waals surface area contributed by atoms with Crippen LogP contribution in [0.2, 0.25) is 0 Å². The van der Waals surface area contributed by atoms with Crippen molar-refractivity contribution in [1.82, 2.24) is 0 Å². The third-order valence-electron chi connectivity index (χ3n) is 3.45. The van der Waals surface area contributed by atoms with E-state index in [9.17, 15) is 21.6 Å². The Balaban J connectivity index is 2.16. The minimum atomic E-state index is -4.51. The van der Waals surface area contributed by atoms with Crippen LogP contribution < -0.4 is 5.32 Å². The fourth-order valence-corrected chi connectivity index (χ4v) is 4.04. The van der Waals surface area contributed by atoms with E-state index in [0.717, 1.165) is 18.2 Å². The van der Waals surface area contributed by atoms with E-state index in [4.69, 9.17) is 5.26 Å². The second-order valence-corrected chi connectivity index (χ2v) is 7.28. The van der Waals surface area contributed by atoms with Gasteiger partial charge in [0.15, 0.2) is 9.84 Å². The first kappa shape index (κ1) is 15.6. The van der Waals surface area contributed by atoms with E-state index in [2.05, 4.69) is 5.32 Å². The molecule has 0 amide bonds. The standard InChI is InChI=1S/C13H13F3N2O2S/c14-13(15,16)10-3-4-12(9(6-10)7-17)18-8-11-2-1-5-21(11,19)20/h3-4,6,11,18H,1-2,5,8H2. The molecule has 0 saturated carbocycles. The van der Waals surface area contributed by atoms with Gasteiger partial charge < -0.3 is 5.32 Å². The van der Waals surface area contributed by atoms with E-state index in [1.807, 2.05) is 0 Å². The summed E-state index contributed by atoms with van der Waals surface area (Å²) in [6, 6.07) is 4.47. The van der Waals surface area contributed by atoms with Crippen molar-refractivity contribution >= 4 is 15.5 Å². The SMILES string of the molecule is N#Cc1cc(C(F)(F)F)ccc1NCC1CCCS1(=O)=O. The van der Waals surface area contributed by atoms with Crippen molar-refractivity contribution in [3.63, 3.8) is 0 Å². The maximum absolute atomic E-state index is 12.6. The number of nitrogens with zero attached hydrogens (tertiary/aromatic N) is 1. The molecule has 4 nitrogen and oxygen atoms in total. The Morgan fingerprint density at radius 1 is 1.38 bits per heavy atom. The van der Waals surface area contributed by atoms with Crippen molar-refractivity contribution in [3.05, 3.63) is 29.3 Å². The number of nitrogens with one attached hydrogen (secondary N) is 1. The first-order chi connectivity index (χ1) is 9.74. The molecule has 0 radical (unpaired) electrons. The van der Waals surface area contributed by atoms with Gasteiger partial charge in [-0.25, -0.2) is 8.42 Å². The van der Waals surface area contributed by atoms with E-state index in [1.54, 1.807) is 6.07 Å². The number of hydrogen-bond acceptors (Lipinski definition) is 4. The Hall–Kier alpha value is -1.75. The number of anilines is 1. The predicted molar refractivity (Wildman–Crippen MR) is 71.5 cm³/mol. The quantitative estimate of drug-likeness (QED) is 0.930. The van der Waals surface area contributed by atoms with Gasteiger partial charge in [-0.2, -0.15) is 18.4 Å². The van der Waals surface area contributed by atoms with Gasteiger partial charge in [-0.05, 0) is 31.0 Å². The largest absolute Gasteiger partial charge is 0.416 e. The lowest BCUT2D eigenvalue weighted by atomic mass is 10.1. The summed E-state index contributed by atoms with van der Waals surface area (Å²) in [4.78, 5) is 0. The van der Waals surface area contributed by atoms with Crippen LogP contribution in [0.5, 0.6) is 0 Å². The third kappa shape index (κ3) is 3.47. The van der Waals surface area contributed by atoms with E-state index in [0.29, 0.717) is 12.8 Å². The maximum atomic E-state index is 12.6. The van der Waals surface area contributed by atoms with E-state index in [1.165, 1.54) is 0 Å². The molecule has 1 aliphatic heterocycles. The number of hydrogen-bond donors (Lipinski definition) is 1. The summed E-state index contributed by atoms with van der Waals surface area (Å²) in [5.41, 5.74) is -0.842. The average molecular weight is 318 g/mol. The van der Waals surface area contributed by atoms with Crippen molar-refractivity contribution in [2.75, 3.05) is 17.6 Å². The minimum Gasteiger partial charge on any atom is -0.383 e. The number of nitriles is 1. The van der Waals surface area contributed by atoms with Crippen LogP contribution in [-0.2, 0) is 16.0 Å². The maximum Gasteiger partial charge on any atom is 0.416 e. The Kier molecular flexibility index (Phi) is 4.14. The van der Waals surface area contributed by atoms with Crippen LogP contribution in [0.1, 0.15) is 24.0 Å². The second kappa shape index (κ2) is 5.56. The van der Waals surface area contributed by atoms with E-state index >= 15 is 0 Å². The normalized spacial score (nSPS) is 21.0. The Labute approximate surface area is 120 Å². The molecule has 1 aliphatic rings. The monoisotopic (exact) mass is 318 g/mol. The zero-order valence-electron chi connectivity index (χ0n) is 10.9. The number of rotatable bonds is 3. The van der Waals surface area contributed by atoms with Crippen LogP contribution in [-0.4, -0.2) is 26.0 Å². The highest BCUT2D eigenvalue weighted by molar-refractivity contribution is 7.92. The number of halogens is 3. The summed E-state index contributed by atoms with van der Waals surface area (Å²) in [6.45, 7) is 0.0996. The summed E-state index contributed by atoms with van der Waals surface area (Å²) in [7, 11) is -3.13. The van der Waals surface area contributed by atoms with Gasteiger partial charge in [-0.15, -0.1) is 0 Å². The summed E-state index contributed by atoms with van der Waals surface area (Å²) >= 11 is 0. The fourth-order valence-electron chi connectivity index (χ4n) is 2.28. The fraction of sp³-hybridized carbons (Fsp3) is 0.462. The number of sulfone groups is 1. The summed E-state index contributed by atoms with van der Waals surface area (Å²) in [5.74, 6) is 0.136. The molecule has 0 bridgehead atoms. The topological polar surface area (TPSA) is 70.0 Å². The molecule has 1 saturated heterocycles. The molecule has 0 aliphatic carbocycles. The molecule has 21 heavy (non-hydrogen) atoms. The number of benzene rings is 1. The average Bonchev–Trinajstić information content (AvgIpc) is 2.74. The van der Waals surface area contributed by atoms with Crippen molar-refractivity contribution in [2.24, 2.45) is 0 Å². The molecule has 0 aromatic heterocycles. The predicted octanol–water partition coefficient (Wildman–Crippen LogP) is 2.57. The Morgan fingerprint density at radius 3 is 2.62 bits per heavy atom. The van der Waals surface area contributed by atoms with Crippen molar-refractivity contribution in [3.8, 4) is 6.07 Å². The molecule has 1 heterocycles. The minimum absolute atomic E-state index is 0.0996. The van der Waals surface area contributed by atoms with Gasteiger partial charge in [-0.3, -0.25) is 0 Å². The molecule has 1 unspecified atom stereocenters. The van der Waals surface area contributed by atoms with Crippen molar-refractivity contribution in [1.29, 1.82) is 5.26 Å². The molecule has 114 valence electrons. The molecule has 1 fully saturated rings. The van der Waals surface area contributed by atoms with Gasteiger partial charge in [-0.1, -0.05) is 0 Å². The summed E-state index contributed by atoms with van der Waals surface area (Å²) in [6.07, 6.45) is -3.40. The van der Waals surface area contributed by atoms with E-state index < -0.39 is 26.8 Å². The van der Waals surface area contributed by atoms with Crippen LogP contribution in [0.25, 0.3) is 0 Å². The van der Waals surface area contributed by atoms with E-state index in [-0.39, 0.29) is 23.5 Å². The lowest BCUT2D eigenvalue weighted by molar-refractivity contribution is -0.137. The molecule has 1 N–H and O–H groups in total. The second-order valence-electron chi connectivity index (χ2n) is 4.88. The number of alkyl halides is 3. The lowest BCUT2D eigenvalue weighted by Gasteiger charge is -2.14. The van der Waals surface area contributed by atoms with Crippen LogP contribution in [0.3, 0.4) is 0 Å². The lowest BCUT2D eigenvalue weighted by Crippen LogP contribution is -2.25. The van der Waals surface area contributed by atoms with Crippen LogP contribution in [0, 0.1) is 11.3 Å². The third-order valence-corrected chi connectivity index (χ3v) is 5.73. The summed E-state index contributed by atoms with van der Waals surface area (Å²) < 4.78 is 61.0. The molecular weight excluding hydrogens is 305 g/mol. The highest BCUT2D eigenvalue weighted by Crippen LogP contribution is 2.32. The van der Waals surface area contributed by atoms with Gasteiger partial charge in [0.1, 0.15) is 6.07 Å². The van der Waals surface area contributed by atoms with Crippen molar-refractivity contribution in [2.45, 2.75) is 24.3 Å². The molecule has 1 aromatic rings. The smallest absolute Gasteiger partial charge is 0.383 e.